The summed E-state index contributed by atoms with van der Waals surface area (Å²) < 4.78 is 1.80. The van der Waals surface area contributed by atoms with E-state index in [-0.39, 0.29) is 11.7 Å². The van der Waals surface area contributed by atoms with E-state index in [1.165, 1.54) is 11.3 Å². The second kappa shape index (κ2) is 5.58. The van der Waals surface area contributed by atoms with E-state index in [1.54, 1.807) is 10.9 Å². The highest BCUT2D eigenvalue weighted by atomic mass is 32.1. The van der Waals surface area contributed by atoms with Gasteiger partial charge in [-0.3, -0.25) is 9.48 Å². The number of anilines is 2. The van der Waals surface area contributed by atoms with Crippen LogP contribution < -0.4 is 11.1 Å². The second-order valence-corrected chi connectivity index (χ2v) is 6.02. The van der Waals surface area contributed by atoms with Gasteiger partial charge >= 0.3 is 0 Å². The lowest BCUT2D eigenvalue weighted by Gasteiger charge is -2.04. The maximum absolute atomic E-state index is 12.1. The van der Waals surface area contributed by atoms with E-state index in [9.17, 15) is 10.1 Å². The number of nitrogens with one attached hydrogen (secondary N) is 1. The summed E-state index contributed by atoms with van der Waals surface area (Å²) in [6.45, 7) is 1.30. The molecule has 3 rings (SSSR count). The summed E-state index contributed by atoms with van der Waals surface area (Å²) in [6.07, 6.45) is 5.45. The molecule has 0 amide bonds. The van der Waals surface area contributed by atoms with E-state index in [0.717, 1.165) is 12.8 Å². The molecule has 1 saturated carbocycles. The van der Waals surface area contributed by atoms with Crippen LogP contribution >= 0.6 is 11.3 Å². The minimum Gasteiger partial charge on any atom is -0.396 e. The van der Waals surface area contributed by atoms with Crippen LogP contribution in [0.25, 0.3) is 0 Å². The number of carbonyl (C=O) groups is 1. The van der Waals surface area contributed by atoms with E-state index in [1.807, 2.05) is 12.3 Å². The Balaban J connectivity index is 1.73. The molecule has 0 atom stereocenters. The first-order chi connectivity index (χ1) is 10.2. The molecule has 0 spiro atoms. The van der Waals surface area contributed by atoms with Gasteiger partial charge in [-0.2, -0.15) is 10.4 Å². The lowest BCUT2D eigenvalue weighted by Crippen LogP contribution is -2.10. The molecule has 3 N–H and O–H groups in total. The fourth-order valence-corrected chi connectivity index (χ4v) is 3.23. The minimum atomic E-state index is 0.0779. The molecule has 6 nitrogen and oxygen atoms in total. The summed E-state index contributed by atoms with van der Waals surface area (Å²) in [5.74, 6) is 0.184. The van der Waals surface area contributed by atoms with Crippen LogP contribution in [-0.2, 0) is 6.54 Å². The zero-order chi connectivity index (χ0) is 14.8. The number of Topliss-reactive ketones (excluding diaryl/α,β-unsaturated/α-hetero) is 1. The van der Waals surface area contributed by atoms with Crippen molar-refractivity contribution in [2.24, 2.45) is 5.92 Å². The van der Waals surface area contributed by atoms with Crippen molar-refractivity contribution in [1.29, 1.82) is 5.26 Å². The van der Waals surface area contributed by atoms with Crippen molar-refractivity contribution in [3.63, 3.8) is 0 Å². The summed E-state index contributed by atoms with van der Waals surface area (Å²) >= 11 is 1.29. The predicted octanol–water partition coefficient (Wildman–Crippen LogP) is 2.10. The highest BCUT2D eigenvalue weighted by molar-refractivity contribution is 7.19. The first-order valence-corrected chi connectivity index (χ1v) is 7.60. The molecular weight excluding hydrogens is 286 g/mol. The zero-order valence-electron chi connectivity index (χ0n) is 11.4. The van der Waals surface area contributed by atoms with Crippen molar-refractivity contribution in [2.75, 3.05) is 17.6 Å². The van der Waals surface area contributed by atoms with Gasteiger partial charge in [0.2, 0.25) is 0 Å². The normalized spacial score (nSPS) is 13.9. The maximum atomic E-state index is 12.1. The number of rotatable bonds is 6. The topological polar surface area (TPSA) is 96.7 Å². The van der Waals surface area contributed by atoms with Crippen LogP contribution in [0.3, 0.4) is 0 Å². The summed E-state index contributed by atoms with van der Waals surface area (Å²) in [7, 11) is 0. The summed E-state index contributed by atoms with van der Waals surface area (Å²) in [4.78, 5) is 12.7. The molecule has 0 radical (unpaired) electrons. The number of thiophene rings is 1. The van der Waals surface area contributed by atoms with Gasteiger partial charge in [0.1, 0.15) is 16.6 Å². The molecule has 0 unspecified atom stereocenters. The Morgan fingerprint density at radius 1 is 1.62 bits per heavy atom. The van der Waals surface area contributed by atoms with Crippen LogP contribution in [0.15, 0.2) is 18.5 Å². The molecule has 2 aromatic rings. The molecule has 21 heavy (non-hydrogen) atoms. The van der Waals surface area contributed by atoms with Gasteiger partial charge in [0, 0.05) is 24.9 Å². The fourth-order valence-electron chi connectivity index (χ4n) is 2.11. The van der Waals surface area contributed by atoms with Gasteiger partial charge < -0.3 is 11.1 Å². The molecule has 1 fully saturated rings. The number of carbonyl (C=O) groups excluding carboxylic acids is 1. The number of ketones is 1. The Hall–Kier alpha value is -2.33. The third kappa shape index (κ3) is 2.76. The Morgan fingerprint density at radius 3 is 3.05 bits per heavy atom. The number of hydrogen-bond acceptors (Lipinski definition) is 6. The third-order valence-electron chi connectivity index (χ3n) is 3.41. The van der Waals surface area contributed by atoms with Gasteiger partial charge in [-0.15, -0.1) is 11.3 Å². The Bertz CT molecular complexity index is 694. The molecular formula is C14H15N5OS. The standard InChI is InChI=1S/C14H15N5OS/c15-8-10-11(16)13(12(20)9-2-3-9)21-14(10)17-5-7-19-6-1-4-18-19/h1,4,6,9,17H,2-3,5,7,16H2. The molecule has 1 aliphatic rings. The Kier molecular flexibility index (Phi) is 3.62. The fraction of sp³-hybridized carbons (Fsp3) is 0.357. The quantitative estimate of drug-likeness (QED) is 0.796. The monoisotopic (exact) mass is 301 g/mol. The van der Waals surface area contributed by atoms with Crippen LogP contribution in [-0.4, -0.2) is 22.1 Å². The van der Waals surface area contributed by atoms with Crippen molar-refractivity contribution in [3.8, 4) is 6.07 Å². The molecule has 1 aliphatic carbocycles. The molecule has 2 heterocycles. The number of aromatic nitrogens is 2. The van der Waals surface area contributed by atoms with E-state index >= 15 is 0 Å². The van der Waals surface area contributed by atoms with E-state index in [4.69, 9.17) is 5.73 Å². The van der Waals surface area contributed by atoms with E-state index in [2.05, 4.69) is 16.5 Å². The Morgan fingerprint density at radius 2 is 2.43 bits per heavy atom. The average molecular weight is 301 g/mol. The lowest BCUT2D eigenvalue weighted by molar-refractivity contribution is 0.0972. The lowest BCUT2D eigenvalue weighted by atomic mass is 10.1. The molecule has 0 bridgehead atoms. The maximum Gasteiger partial charge on any atom is 0.178 e. The number of nitrogens with zero attached hydrogens (tertiary/aromatic N) is 3. The molecule has 108 valence electrons. The number of nitrogen functional groups attached to an aromatic ring is 1. The van der Waals surface area contributed by atoms with E-state index in [0.29, 0.717) is 34.2 Å². The highest BCUT2D eigenvalue weighted by Gasteiger charge is 2.34. The van der Waals surface area contributed by atoms with Gasteiger partial charge in [-0.25, -0.2) is 0 Å². The second-order valence-electron chi connectivity index (χ2n) is 5.00. The van der Waals surface area contributed by atoms with Crippen LogP contribution in [0, 0.1) is 17.2 Å². The number of nitriles is 1. The number of nitrogens with two attached hydrogens (primary N) is 1. The van der Waals surface area contributed by atoms with Crippen molar-refractivity contribution < 1.29 is 4.79 Å². The van der Waals surface area contributed by atoms with Gasteiger partial charge in [0.15, 0.2) is 5.78 Å². The van der Waals surface area contributed by atoms with Gasteiger partial charge in [0.05, 0.1) is 17.1 Å². The predicted molar refractivity (Wildman–Crippen MR) is 81.2 cm³/mol. The smallest absolute Gasteiger partial charge is 0.178 e. The molecule has 0 aromatic carbocycles. The largest absolute Gasteiger partial charge is 0.396 e. The van der Waals surface area contributed by atoms with Crippen LogP contribution in [0.2, 0.25) is 0 Å². The Labute approximate surface area is 126 Å². The first kappa shape index (κ1) is 13.6. The number of hydrogen-bond donors (Lipinski definition) is 2. The van der Waals surface area contributed by atoms with E-state index < -0.39 is 0 Å². The summed E-state index contributed by atoms with van der Waals surface area (Å²) in [5, 5.41) is 17.2. The van der Waals surface area contributed by atoms with Crippen molar-refractivity contribution in [3.05, 3.63) is 28.9 Å². The van der Waals surface area contributed by atoms with Crippen LogP contribution in [0.5, 0.6) is 0 Å². The molecule has 2 aromatic heterocycles. The van der Waals surface area contributed by atoms with Crippen molar-refractivity contribution in [2.45, 2.75) is 19.4 Å². The first-order valence-electron chi connectivity index (χ1n) is 6.78. The summed E-state index contributed by atoms with van der Waals surface area (Å²) in [5.41, 5.74) is 6.66. The van der Waals surface area contributed by atoms with Crippen molar-refractivity contribution >= 4 is 27.8 Å². The SMILES string of the molecule is N#Cc1c(NCCn2cccn2)sc(C(=O)C2CC2)c1N. The van der Waals surface area contributed by atoms with Gasteiger partial charge in [-0.1, -0.05) is 0 Å². The zero-order valence-corrected chi connectivity index (χ0v) is 12.2. The van der Waals surface area contributed by atoms with Gasteiger partial charge in [-0.05, 0) is 18.9 Å². The summed E-state index contributed by atoms with van der Waals surface area (Å²) in [6, 6.07) is 3.95. The molecule has 0 aliphatic heterocycles. The molecule has 0 saturated heterocycles. The highest BCUT2D eigenvalue weighted by Crippen LogP contribution is 2.41. The van der Waals surface area contributed by atoms with Crippen LogP contribution in [0.1, 0.15) is 28.1 Å². The van der Waals surface area contributed by atoms with Crippen molar-refractivity contribution in [1.82, 2.24) is 9.78 Å². The molecule has 7 heteroatoms. The van der Waals surface area contributed by atoms with Crippen LogP contribution in [0.4, 0.5) is 10.7 Å². The average Bonchev–Trinajstić information content (AvgIpc) is 3.11. The minimum absolute atomic E-state index is 0.0779. The third-order valence-corrected chi connectivity index (χ3v) is 4.59. The van der Waals surface area contributed by atoms with Gasteiger partial charge in [0.25, 0.3) is 0 Å².